The van der Waals surface area contributed by atoms with E-state index < -0.39 is 11.8 Å². The third-order valence-electron chi connectivity index (χ3n) is 5.14. The molecule has 2 amide bonds. The fraction of sp³-hybridized carbons (Fsp3) is 0.261. The van der Waals surface area contributed by atoms with E-state index in [1.807, 2.05) is 49.5 Å². The molecule has 0 saturated heterocycles. The molecule has 1 aliphatic heterocycles. The van der Waals surface area contributed by atoms with Crippen LogP contribution < -0.4 is 5.32 Å². The van der Waals surface area contributed by atoms with Crippen molar-refractivity contribution in [2.45, 2.75) is 6.54 Å². The highest BCUT2D eigenvalue weighted by Gasteiger charge is 2.21. The number of carbonyl (C=O) groups is 2. The Morgan fingerprint density at radius 2 is 1.90 bits per heavy atom. The maximum absolute atomic E-state index is 12.5. The van der Waals surface area contributed by atoms with Gasteiger partial charge in [0, 0.05) is 47.2 Å². The van der Waals surface area contributed by atoms with Crippen LogP contribution in [-0.4, -0.2) is 62.1 Å². The van der Waals surface area contributed by atoms with E-state index in [9.17, 15) is 9.59 Å². The Bertz CT molecular complexity index is 1120. The highest BCUT2D eigenvalue weighted by molar-refractivity contribution is 7.22. The summed E-state index contributed by atoms with van der Waals surface area (Å²) in [5.74, 6) is -1.18. The summed E-state index contributed by atoms with van der Waals surface area (Å²) in [6.45, 7) is 1.81. The van der Waals surface area contributed by atoms with Gasteiger partial charge >= 0.3 is 11.8 Å². The van der Waals surface area contributed by atoms with Crippen LogP contribution in [0.4, 0.5) is 5.69 Å². The van der Waals surface area contributed by atoms with E-state index in [1.54, 1.807) is 18.4 Å². The number of nitrogens with one attached hydrogen (secondary N) is 1. The van der Waals surface area contributed by atoms with E-state index in [4.69, 9.17) is 0 Å². The Morgan fingerprint density at radius 3 is 2.67 bits per heavy atom. The quantitative estimate of drug-likeness (QED) is 0.643. The predicted octanol–water partition coefficient (Wildman–Crippen LogP) is 3.46. The highest BCUT2D eigenvalue weighted by Crippen LogP contribution is 2.39. The number of carbonyl (C=O) groups excluding carboxylic acids is 2. The molecule has 0 bridgehead atoms. The van der Waals surface area contributed by atoms with Crippen LogP contribution in [-0.2, 0) is 16.1 Å². The monoisotopic (exact) mass is 420 g/mol. The van der Waals surface area contributed by atoms with Crippen LogP contribution in [0.5, 0.6) is 0 Å². The minimum Gasteiger partial charge on any atom is -0.336 e. The number of amides is 2. The first kappa shape index (κ1) is 20.3. The first-order chi connectivity index (χ1) is 14.4. The zero-order valence-corrected chi connectivity index (χ0v) is 18.1. The van der Waals surface area contributed by atoms with Gasteiger partial charge in [-0.2, -0.15) is 0 Å². The first-order valence-corrected chi connectivity index (χ1v) is 10.6. The fourth-order valence-corrected chi connectivity index (χ4v) is 4.54. The van der Waals surface area contributed by atoms with Gasteiger partial charge < -0.3 is 15.1 Å². The van der Waals surface area contributed by atoms with Crippen molar-refractivity contribution in [3.05, 3.63) is 53.6 Å². The fourth-order valence-electron chi connectivity index (χ4n) is 3.44. The zero-order chi connectivity index (χ0) is 21.3. The van der Waals surface area contributed by atoms with Crippen molar-refractivity contribution < 1.29 is 9.59 Å². The third kappa shape index (κ3) is 4.13. The number of benzene rings is 2. The van der Waals surface area contributed by atoms with Crippen molar-refractivity contribution in [2.24, 2.45) is 4.99 Å². The molecule has 6 nitrogen and oxygen atoms in total. The molecule has 30 heavy (non-hydrogen) atoms. The molecule has 0 saturated carbocycles. The van der Waals surface area contributed by atoms with E-state index in [2.05, 4.69) is 28.5 Å². The maximum atomic E-state index is 12.5. The van der Waals surface area contributed by atoms with Gasteiger partial charge in [-0.25, -0.2) is 0 Å². The molecule has 1 N–H and O–H groups in total. The number of thiophene rings is 1. The van der Waals surface area contributed by atoms with Gasteiger partial charge in [0.1, 0.15) is 0 Å². The summed E-state index contributed by atoms with van der Waals surface area (Å²) in [6.07, 6.45) is 1.83. The van der Waals surface area contributed by atoms with Crippen LogP contribution in [0.2, 0.25) is 0 Å². The third-order valence-corrected chi connectivity index (χ3v) is 6.29. The predicted molar refractivity (Wildman–Crippen MR) is 123 cm³/mol. The lowest BCUT2D eigenvalue weighted by atomic mass is 10.0. The molecule has 0 radical (unpaired) electrons. The molecule has 0 unspecified atom stereocenters. The lowest BCUT2D eigenvalue weighted by Gasteiger charge is -2.19. The molecule has 7 heteroatoms. The van der Waals surface area contributed by atoms with Gasteiger partial charge in [-0.05, 0) is 54.9 Å². The SMILES string of the molecule is CN(C)CCN(C)C(=O)C(=O)Nc1cc2c(c(-c3cc4ccccc4s3)c1)CN=C2. The van der Waals surface area contributed by atoms with E-state index in [0.717, 1.165) is 21.6 Å². The topological polar surface area (TPSA) is 65.0 Å². The smallest absolute Gasteiger partial charge is 0.313 e. The van der Waals surface area contributed by atoms with E-state index in [0.29, 0.717) is 25.3 Å². The largest absolute Gasteiger partial charge is 0.336 e. The highest BCUT2D eigenvalue weighted by atomic mass is 32.1. The molecule has 2 aromatic carbocycles. The molecule has 0 aliphatic carbocycles. The van der Waals surface area contributed by atoms with Gasteiger partial charge in [0.2, 0.25) is 0 Å². The Balaban J connectivity index is 1.60. The molecule has 3 aromatic rings. The number of anilines is 1. The summed E-state index contributed by atoms with van der Waals surface area (Å²) in [5, 5.41) is 3.98. The summed E-state index contributed by atoms with van der Waals surface area (Å²) >= 11 is 1.72. The number of fused-ring (bicyclic) bond motifs is 2. The number of likely N-dealkylation sites (N-methyl/N-ethyl adjacent to an activating group) is 2. The summed E-state index contributed by atoms with van der Waals surface area (Å²) in [7, 11) is 5.50. The van der Waals surface area contributed by atoms with Gasteiger partial charge in [-0.1, -0.05) is 18.2 Å². The van der Waals surface area contributed by atoms with Crippen molar-refractivity contribution in [3.8, 4) is 10.4 Å². The molecule has 2 heterocycles. The van der Waals surface area contributed by atoms with E-state index >= 15 is 0 Å². The summed E-state index contributed by atoms with van der Waals surface area (Å²) in [5.41, 5.74) is 3.78. The number of nitrogens with zero attached hydrogens (tertiary/aromatic N) is 3. The number of rotatable bonds is 5. The minimum atomic E-state index is -0.631. The summed E-state index contributed by atoms with van der Waals surface area (Å²) in [6, 6.07) is 14.3. The van der Waals surface area contributed by atoms with Crippen LogP contribution >= 0.6 is 11.3 Å². The lowest BCUT2D eigenvalue weighted by molar-refractivity contribution is -0.142. The van der Waals surface area contributed by atoms with Crippen LogP contribution in [0.3, 0.4) is 0 Å². The molecule has 4 rings (SSSR count). The lowest BCUT2D eigenvalue weighted by Crippen LogP contribution is -2.40. The van der Waals surface area contributed by atoms with Crippen molar-refractivity contribution in [2.75, 3.05) is 39.5 Å². The van der Waals surface area contributed by atoms with Gasteiger partial charge in [0.15, 0.2) is 0 Å². The molecular formula is C23H24N4O2S. The average molecular weight is 421 g/mol. The van der Waals surface area contributed by atoms with Crippen molar-refractivity contribution >= 4 is 45.1 Å². The molecule has 1 aromatic heterocycles. The van der Waals surface area contributed by atoms with Gasteiger partial charge in [0.25, 0.3) is 0 Å². The van der Waals surface area contributed by atoms with E-state index in [1.165, 1.54) is 15.0 Å². The van der Waals surface area contributed by atoms with Crippen molar-refractivity contribution in [1.82, 2.24) is 9.80 Å². The minimum absolute atomic E-state index is 0.489. The maximum Gasteiger partial charge on any atom is 0.313 e. The Labute approximate surface area is 179 Å². The van der Waals surface area contributed by atoms with Gasteiger partial charge in [-0.3, -0.25) is 14.6 Å². The Hall–Kier alpha value is -3.03. The van der Waals surface area contributed by atoms with Crippen LogP contribution in [0.1, 0.15) is 11.1 Å². The molecule has 154 valence electrons. The second kappa shape index (κ2) is 8.38. The first-order valence-electron chi connectivity index (χ1n) is 9.79. The van der Waals surface area contributed by atoms with Crippen molar-refractivity contribution in [1.29, 1.82) is 0 Å². The van der Waals surface area contributed by atoms with Gasteiger partial charge in [-0.15, -0.1) is 11.3 Å². The molecule has 0 fully saturated rings. The standard InChI is InChI=1S/C23H24N4O2S/c1-26(2)8-9-27(3)23(29)22(28)25-17-10-16-13-24-14-19(16)18(12-17)21-11-15-6-4-5-7-20(15)30-21/h4-7,10-13H,8-9,14H2,1-3H3,(H,25,28). The molecule has 0 atom stereocenters. The number of aliphatic imine (C=N–C) groups is 1. The van der Waals surface area contributed by atoms with E-state index in [-0.39, 0.29) is 0 Å². The van der Waals surface area contributed by atoms with Gasteiger partial charge in [0.05, 0.1) is 6.54 Å². The summed E-state index contributed by atoms with van der Waals surface area (Å²) < 4.78 is 1.22. The molecule has 0 spiro atoms. The normalized spacial score (nSPS) is 12.4. The average Bonchev–Trinajstić information content (AvgIpc) is 3.37. The molecule has 1 aliphatic rings. The van der Waals surface area contributed by atoms with Crippen LogP contribution in [0, 0.1) is 0 Å². The zero-order valence-electron chi connectivity index (χ0n) is 17.3. The second-order valence-electron chi connectivity index (χ2n) is 7.69. The Morgan fingerprint density at radius 1 is 1.10 bits per heavy atom. The number of hydrogen-bond donors (Lipinski definition) is 1. The number of hydrogen-bond acceptors (Lipinski definition) is 5. The second-order valence-corrected chi connectivity index (χ2v) is 8.78. The Kier molecular flexibility index (Phi) is 5.65. The van der Waals surface area contributed by atoms with Crippen molar-refractivity contribution in [3.63, 3.8) is 0 Å². The van der Waals surface area contributed by atoms with Crippen LogP contribution in [0.15, 0.2) is 47.5 Å². The summed E-state index contributed by atoms with van der Waals surface area (Å²) in [4.78, 5) is 33.9. The van der Waals surface area contributed by atoms with Crippen LogP contribution in [0.25, 0.3) is 20.5 Å². The molecular weight excluding hydrogens is 396 g/mol.